The second kappa shape index (κ2) is 7.86. The van der Waals surface area contributed by atoms with Crippen LogP contribution in [0.15, 0.2) is 42.5 Å². The summed E-state index contributed by atoms with van der Waals surface area (Å²) >= 11 is 0. The van der Waals surface area contributed by atoms with Crippen LogP contribution in [0.3, 0.4) is 0 Å². The van der Waals surface area contributed by atoms with Gasteiger partial charge >= 0.3 is 0 Å². The van der Waals surface area contributed by atoms with Crippen molar-refractivity contribution in [3.63, 3.8) is 0 Å². The van der Waals surface area contributed by atoms with E-state index in [0.29, 0.717) is 6.42 Å². The Bertz CT molecular complexity index is 325. The first-order valence-electron chi connectivity index (χ1n) is 6.08. The van der Waals surface area contributed by atoms with E-state index in [0.717, 1.165) is 12.0 Å². The molecule has 0 N–H and O–H groups in total. The molecule has 16 heavy (non-hydrogen) atoms. The van der Waals surface area contributed by atoms with Crippen LogP contribution >= 0.6 is 0 Å². The number of carbonyl (C=O) groups is 1. The lowest BCUT2D eigenvalue weighted by Gasteiger charge is -1.96. The molecule has 1 aromatic rings. The number of allylic oxidation sites excluding steroid dienone is 2. The van der Waals surface area contributed by atoms with Gasteiger partial charge in [-0.15, -0.1) is 0 Å². The molecule has 0 aliphatic carbocycles. The third-order valence-electron chi connectivity index (χ3n) is 2.54. The van der Waals surface area contributed by atoms with E-state index >= 15 is 0 Å². The van der Waals surface area contributed by atoms with Crippen LogP contribution in [0.2, 0.25) is 0 Å². The number of hydrogen-bond donors (Lipinski definition) is 0. The van der Waals surface area contributed by atoms with Crippen molar-refractivity contribution in [3.8, 4) is 0 Å². The fourth-order valence-corrected chi connectivity index (χ4v) is 1.56. The summed E-state index contributed by atoms with van der Waals surface area (Å²) in [5.74, 6) is 0.201. The molecule has 86 valence electrons. The van der Waals surface area contributed by atoms with Gasteiger partial charge in [-0.25, -0.2) is 0 Å². The lowest BCUT2D eigenvalue weighted by molar-refractivity contribution is 0.0996. The van der Waals surface area contributed by atoms with Gasteiger partial charge < -0.3 is 0 Å². The number of Topliss-reactive ketones (excluding diaryl/α,β-unsaturated/α-hetero) is 1. The summed E-state index contributed by atoms with van der Waals surface area (Å²) in [6.07, 6.45) is 9.48. The quantitative estimate of drug-likeness (QED) is 0.375. The molecule has 1 nitrogen and oxygen atoms in total. The van der Waals surface area contributed by atoms with Crippen LogP contribution in [-0.2, 0) is 0 Å². The minimum Gasteiger partial charge on any atom is -0.294 e. The van der Waals surface area contributed by atoms with Crippen LogP contribution in [0.4, 0.5) is 0 Å². The minimum atomic E-state index is 0.201. The highest BCUT2D eigenvalue weighted by Crippen LogP contribution is 2.05. The van der Waals surface area contributed by atoms with Crippen LogP contribution in [-0.4, -0.2) is 5.78 Å². The van der Waals surface area contributed by atoms with Crippen molar-refractivity contribution in [2.45, 2.75) is 39.0 Å². The molecule has 0 aromatic heterocycles. The lowest BCUT2D eigenvalue weighted by atomic mass is 10.1. The Hall–Kier alpha value is -1.37. The molecule has 0 amide bonds. The monoisotopic (exact) mass is 216 g/mol. The first-order chi connectivity index (χ1) is 7.84. The molecule has 0 unspecified atom stereocenters. The third kappa shape index (κ3) is 4.92. The summed E-state index contributed by atoms with van der Waals surface area (Å²) < 4.78 is 0. The second-order valence-corrected chi connectivity index (χ2v) is 3.96. The highest BCUT2D eigenvalue weighted by molar-refractivity contribution is 5.96. The van der Waals surface area contributed by atoms with Crippen molar-refractivity contribution >= 4 is 5.78 Å². The van der Waals surface area contributed by atoms with Crippen molar-refractivity contribution in [1.29, 1.82) is 0 Å². The Morgan fingerprint density at radius 2 is 1.88 bits per heavy atom. The number of rotatable bonds is 7. The van der Waals surface area contributed by atoms with E-state index in [9.17, 15) is 4.79 Å². The Morgan fingerprint density at radius 3 is 2.56 bits per heavy atom. The maximum absolute atomic E-state index is 11.7. The van der Waals surface area contributed by atoms with Gasteiger partial charge in [0, 0.05) is 12.0 Å². The molecule has 0 fully saturated rings. The SMILES string of the molecule is CCCCC/C=C/CC(=O)c1ccccc1. The van der Waals surface area contributed by atoms with E-state index in [-0.39, 0.29) is 5.78 Å². The number of hydrogen-bond acceptors (Lipinski definition) is 1. The van der Waals surface area contributed by atoms with Gasteiger partial charge in [0.25, 0.3) is 0 Å². The maximum atomic E-state index is 11.7. The number of unbranched alkanes of at least 4 members (excludes halogenated alkanes) is 3. The number of ketones is 1. The molecular formula is C15H20O. The van der Waals surface area contributed by atoms with Gasteiger partial charge in [-0.1, -0.05) is 62.2 Å². The van der Waals surface area contributed by atoms with E-state index in [1.807, 2.05) is 36.4 Å². The van der Waals surface area contributed by atoms with Gasteiger partial charge in [0.1, 0.15) is 0 Å². The van der Waals surface area contributed by atoms with Gasteiger partial charge in [-0.3, -0.25) is 4.79 Å². The molecule has 0 aliphatic rings. The molecule has 0 aliphatic heterocycles. The van der Waals surface area contributed by atoms with E-state index in [2.05, 4.69) is 13.0 Å². The summed E-state index contributed by atoms with van der Waals surface area (Å²) in [5.41, 5.74) is 0.806. The Labute approximate surface area is 98.2 Å². The predicted molar refractivity (Wildman–Crippen MR) is 68.7 cm³/mol. The van der Waals surface area contributed by atoms with Gasteiger partial charge in [0.15, 0.2) is 5.78 Å². The fourth-order valence-electron chi connectivity index (χ4n) is 1.56. The van der Waals surface area contributed by atoms with Crippen LogP contribution in [0, 0.1) is 0 Å². The molecule has 0 saturated heterocycles. The molecule has 0 bridgehead atoms. The normalized spacial score (nSPS) is 10.8. The van der Waals surface area contributed by atoms with Crippen LogP contribution in [0.1, 0.15) is 49.4 Å². The van der Waals surface area contributed by atoms with E-state index < -0.39 is 0 Å². The predicted octanol–water partition coefficient (Wildman–Crippen LogP) is 4.40. The van der Waals surface area contributed by atoms with Crippen molar-refractivity contribution in [3.05, 3.63) is 48.0 Å². The molecule has 1 heteroatoms. The second-order valence-electron chi connectivity index (χ2n) is 3.96. The zero-order valence-electron chi connectivity index (χ0n) is 9.99. The number of benzene rings is 1. The summed E-state index contributed by atoms with van der Waals surface area (Å²) in [5, 5.41) is 0. The standard InChI is InChI=1S/C15H20O/c1-2-3-4-5-6-10-13-15(16)14-11-8-7-9-12-14/h6-12H,2-5,13H2,1H3/b10-6+. The van der Waals surface area contributed by atoms with E-state index in [1.165, 1.54) is 19.3 Å². The highest BCUT2D eigenvalue weighted by atomic mass is 16.1. The average Bonchev–Trinajstić information content (AvgIpc) is 2.34. The van der Waals surface area contributed by atoms with Gasteiger partial charge in [0.05, 0.1) is 0 Å². The highest BCUT2D eigenvalue weighted by Gasteiger charge is 2.00. The largest absolute Gasteiger partial charge is 0.294 e. The zero-order chi connectivity index (χ0) is 11.6. The molecule has 0 spiro atoms. The molecule has 0 atom stereocenters. The van der Waals surface area contributed by atoms with Crippen molar-refractivity contribution in [2.75, 3.05) is 0 Å². The topological polar surface area (TPSA) is 17.1 Å². The van der Waals surface area contributed by atoms with Gasteiger partial charge in [0.2, 0.25) is 0 Å². The van der Waals surface area contributed by atoms with Crippen molar-refractivity contribution < 1.29 is 4.79 Å². The Morgan fingerprint density at radius 1 is 1.12 bits per heavy atom. The van der Waals surface area contributed by atoms with Crippen molar-refractivity contribution in [1.82, 2.24) is 0 Å². The first kappa shape index (κ1) is 12.7. The Kier molecular flexibility index (Phi) is 6.24. The van der Waals surface area contributed by atoms with Gasteiger partial charge in [-0.2, -0.15) is 0 Å². The molecule has 1 aromatic carbocycles. The molecule has 0 heterocycles. The Balaban J connectivity index is 2.25. The average molecular weight is 216 g/mol. The minimum absolute atomic E-state index is 0.201. The lowest BCUT2D eigenvalue weighted by Crippen LogP contribution is -1.95. The van der Waals surface area contributed by atoms with Crippen LogP contribution in [0.25, 0.3) is 0 Å². The smallest absolute Gasteiger partial charge is 0.166 e. The molecule has 1 rings (SSSR count). The van der Waals surface area contributed by atoms with E-state index in [4.69, 9.17) is 0 Å². The summed E-state index contributed by atoms with van der Waals surface area (Å²) in [7, 11) is 0. The van der Waals surface area contributed by atoms with Crippen molar-refractivity contribution in [2.24, 2.45) is 0 Å². The molecule has 0 saturated carbocycles. The van der Waals surface area contributed by atoms with Crippen LogP contribution < -0.4 is 0 Å². The molecular weight excluding hydrogens is 196 g/mol. The summed E-state index contributed by atoms with van der Waals surface area (Å²) in [4.78, 5) is 11.7. The summed E-state index contributed by atoms with van der Waals surface area (Å²) in [6, 6.07) is 9.47. The molecule has 0 radical (unpaired) electrons. The zero-order valence-corrected chi connectivity index (χ0v) is 9.99. The third-order valence-corrected chi connectivity index (χ3v) is 2.54. The van der Waals surface area contributed by atoms with E-state index in [1.54, 1.807) is 0 Å². The summed E-state index contributed by atoms with van der Waals surface area (Å²) in [6.45, 7) is 2.20. The van der Waals surface area contributed by atoms with Gasteiger partial charge in [-0.05, 0) is 12.8 Å². The first-order valence-corrected chi connectivity index (χ1v) is 6.08. The van der Waals surface area contributed by atoms with Crippen LogP contribution in [0.5, 0.6) is 0 Å². The maximum Gasteiger partial charge on any atom is 0.166 e. The fraction of sp³-hybridized carbons (Fsp3) is 0.400. The number of carbonyl (C=O) groups excluding carboxylic acids is 1.